The van der Waals surface area contributed by atoms with E-state index < -0.39 is 0 Å². The summed E-state index contributed by atoms with van der Waals surface area (Å²) in [6.45, 7) is 2.16. The van der Waals surface area contributed by atoms with Gasteiger partial charge in [0.2, 0.25) is 0 Å². The van der Waals surface area contributed by atoms with Gasteiger partial charge in [0.15, 0.2) is 0 Å². The molecule has 0 radical (unpaired) electrons. The van der Waals surface area contributed by atoms with Gasteiger partial charge in [0.05, 0.1) is 0 Å². The van der Waals surface area contributed by atoms with Crippen LogP contribution in [0.2, 0.25) is 5.02 Å². The molecule has 3 saturated carbocycles. The second kappa shape index (κ2) is 2.93. The van der Waals surface area contributed by atoms with Gasteiger partial charge in [-0.1, -0.05) is 17.7 Å². The molecule has 3 aliphatic rings. The second-order valence-corrected chi connectivity index (χ2v) is 6.11. The first kappa shape index (κ1) is 9.99. The van der Waals surface area contributed by atoms with E-state index in [0.29, 0.717) is 10.8 Å². The van der Waals surface area contributed by atoms with Gasteiger partial charge in [-0.3, -0.25) is 0 Å². The molecule has 2 bridgehead atoms. The minimum Gasteiger partial charge on any atom is -0.126 e. The van der Waals surface area contributed by atoms with Gasteiger partial charge >= 0.3 is 0 Å². The normalized spacial score (nSPS) is 37.0. The minimum atomic E-state index is 0.462. The fourth-order valence-corrected chi connectivity index (χ4v) is 4.16. The van der Waals surface area contributed by atoms with Crippen molar-refractivity contribution in [2.75, 3.05) is 5.88 Å². The molecule has 0 aromatic heterocycles. The average Bonchev–Trinajstić information content (AvgIpc) is 2.04. The summed E-state index contributed by atoms with van der Waals surface area (Å²) in [5.74, 6) is 0.835. The van der Waals surface area contributed by atoms with Crippen molar-refractivity contribution in [1.82, 2.24) is 0 Å². The molecule has 3 fully saturated rings. The monoisotopic (exact) mass is 240 g/mol. The van der Waals surface area contributed by atoms with Crippen LogP contribution in [0.1, 0.15) is 30.4 Å². The number of benzene rings is 1. The Balaban J connectivity index is 1.91. The van der Waals surface area contributed by atoms with Crippen LogP contribution in [0.5, 0.6) is 0 Å². The first-order valence-corrected chi connectivity index (χ1v) is 6.33. The lowest BCUT2D eigenvalue weighted by Gasteiger charge is -2.71. The molecule has 80 valence electrons. The van der Waals surface area contributed by atoms with Crippen molar-refractivity contribution in [2.45, 2.75) is 31.6 Å². The highest BCUT2D eigenvalue weighted by Crippen LogP contribution is 2.74. The summed E-state index contributed by atoms with van der Waals surface area (Å²) >= 11 is 12.0. The van der Waals surface area contributed by atoms with Gasteiger partial charge in [-0.15, -0.1) is 11.6 Å². The Bertz CT molecular complexity index is 403. The lowest BCUT2D eigenvalue weighted by molar-refractivity contribution is -0.122. The lowest BCUT2D eigenvalue weighted by atomic mass is 9.34. The fraction of sp³-hybridized carbons (Fsp3) is 0.538. The van der Waals surface area contributed by atoms with Gasteiger partial charge in [0, 0.05) is 10.9 Å². The van der Waals surface area contributed by atoms with Crippen molar-refractivity contribution in [3.05, 3.63) is 34.3 Å². The third-order valence-electron chi connectivity index (χ3n) is 4.18. The topological polar surface area (TPSA) is 0 Å². The summed E-state index contributed by atoms with van der Waals surface area (Å²) in [4.78, 5) is 0. The van der Waals surface area contributed by atoms with Crippen LogP contribution in [0.25, 0.3) is 0 Å². The molecule has 0 saturated heterocycles. The molecule has 2 heteroatoms. The van der Waals surface area contributed by atoms with E-state index in [1.165, 1.54) is 30.4 Å². The summed E-state index contributed by atoms with van der Waals surface area (Å²) in [5.41, 5.74) is 3.79. The maximum Gasteiger partial charge on any atom is 0.0408 e. The van der Waals surface area contributed by atoms with Crippen LogP contribution in [-0.4, -0.2) is 5.88 Å². The Hall–Kier alpha value is -0.200. The van der Waals surface area contributed by atoms with Crippen LogP contribution >= 0.6 is 23.2 Å². The molecule has 0 atom stereocenters. The van der Waals surface area contributed by atoms with Gasteiger partial charge in [-0.2, -0.15) is 0 Å². The van der Waals surface area contributed by atoms with Crippen molar-refractivity contribution in [1.29, 1.82) is 0 Å². The molecular formula is C13H14Cl2. The molecule has 0 amide bonds. The van der Waals surface area contributed by atoms with Crippen LogP contribution in [0, 0.1) is 12.3 Å². The van der Waals surface area contributed by atoms with E-state index >= 15 is 0 Å². The largest absolute Gasteiger partial charge is 0.126 e. The molecule has 1 aromatic carbocycles. The number of halogens is 2. The molecule has 0 N–H and O–H groups in total. The van der Waals surface area contributed by atoms with Gasteiger partial charge < -0.3 is 0 Å². The number of hydrogen-bond acceptors (Lipinski definition) is 0. The molecule has 3 aliphatic carbocycles. The predicted octanol–water partition coefficient (Wildman–Crippen LogP) is 4.31. The summed E-state index contributed by atoms with van der Waals surface area (Å²) in [5, 5.41) is 0.843. The first-order chi connectivity index (χ1) is 7.09. The molecule has 0 nitrogen and oxygen atoms in total. The van der Waals surface area contributed by atoms with Crippen molar-refractivity contribution in [3.63, 3.8) is 0 Å². The fourth-order valence-electron chi connectivity index (χ4n) is 3.65. The quantitative estimate of drug-likeness (QED) is 0.677. The second-order valence-electron chi connectivity index (χ2n) is 5.40. The SMILES string of the molecule is Cc1cc(Cl)ccc1C12CC(CCl)(C1)C2. The zero-order valence-corrected chi connectivity index (χ0v) is 10.3. The van der Waals surface area contributed by atoms with Crippen molar-refractivity contribution in [3.8, 4) is 0 Å². The van der Waals surface area contributed by atoms with Gasteiger partial charge in [-0.25, -0.2) is 0 Å². The highest BCUT2D eigenvalue weighted by molar-refractivity contribution is 6.30. The Labute approximate surface area is 101 Å². The Morgan fingerprint density at radius 2 is 1.93 bits per heavy atom. The number of hydrogen-bond donors (Lipinski definition) is 0. The van der Waals surface area contributed by atoms with Crippen LogP contribution in [-0.2, 0) is 5.41 Å². The molecule has 0 aliphatic heterocycles. The molecule has 4 rings (SSSR count). The summed E-state index contributed by atoms with van der Waals surface area (Å²) in [7, 11) is 0. The number of alkyl halides is 1. The molecule has 15 heavy (non-hydrogen) atoms. The van der Waals surface area contributed by atoms with E-state index in [0.717, 1.165) is 10.9 Å². The zero-order chi connectivity index (χ0) is 10.7. The first-order valence-electron chi connectivity index (χ1n) is 5.42. The lowest BCUT2D eigenvalue weighted by Crippen LogP contribution is -2.65. The Morgan fingerprint density at radius 1 is 1.27 bits per heavy atom. The van der Waals surface area contributed by atoms with Crippen molar-refractivity contribution >= 4 is 23.2 Å². The Kier molecular flexibility index (Phi) is 1.95. The highest BCUT2D eigenvalue weighted by atomic mass is 35.5. The predicted molar refractivity (Wildman–Crippen MR) is 64.9 cm³/mol. The van der Waals surface area contributed by atoms with Gasteiger partial charge in [0.25, 0.3) is 0 Å². The van der Waals surface area contributed by atoms with Gasteiger partial charge in [-0.05, 0) is 60.3 Å². The minimum absolute atomic E-state index is 0.462. The average molecular weight is 241 g/mol. The molecule has 1 aromatic rings. The third-order valence-corrected chi connectivity index (χ3v) is 4.99. The van der Waals surface area contributed by atoms with Crippen molar-refractivity contribution < 1.29 is 0 Å². The molecule has 0 heterocycles. The zero-order valence-electron chi connectivity index (χ0n) is 8.82. The molecular weight excluding hydrogens is 227 g/mol. The standard InChI is InChI=1S/C13H14Cl2/c1-9-4-10(15)2-3-11(9)13-5-12(6-13,7-13)8-14/h2-4H,5-8H2,1H3. The van der Waals surface area contributed by atoms with E-state index in [2.05, 4.69) is 19.1 Å². The highest BCUT2D eigenvalue weighted by Gasteiger charge is 2.67. The molecule has 0 unspecified atom stereocenters. The van der Waals surface area contributed by atoms with E-state index in [9.17, 15) is 0 Å². The number of rotatable bonds is 2. The number of aryl methyl sites for hydroxylation is 1. The van der Waals surface area contributed by atoms with Crippen LogP contribution in [0.4, 0.5) is 0 Å². The van der Waals surface area contributed by atoms with Crippen LogP contribution in [0.3, 0.4) is 0 Å². The molecule has 0 spiro atoms. The summed E-state index contributed by atoms with van der Waals surface area (Å²) < 4.78 is 0. The summed E-state index contributed by atoms with van der Waals surface area (Å²) in [6.07, 6.45) is 3.85. The van der Waals surface area contributed by atoms with E-state index in [1.807, 2.05) is 6.07 Å². The van der Waals surface area contributed by atoms with E-state index in [-0.39, 0.29) is 0 Å². The van der Waals surface area contributed by atoms with Crippen LogP contribution < -0.4 is 0 Å². The third kappa shape index (κ3) is 1.21. The van der Waals surface area contributed by atoms with Crippen molar-refractivity contribution in [2.24, 2.45) is 5.41 Å². The van der Waals surface area contributed by atoms with E-state index in [1.54, 1.807) is 0 Å². The maximum absolute atomic E-state index is 5.98. The maximum atomic E-state index is 5.98. The van der Waals surface area contributed by atoms with Crippen LogP contribution in [0.15, 0.2) is 18.2 Å². The van der Waals surface area contributed by atoms with Gasteiger partial charge in [0.1, 0.15) is 0 Å². The Morgan fingerprint density at radius 3 is 2.47 bits per heavy atom. The summed E-state index contributed by atoms with van der Waals surface area (Å²) in [6, 6.07) is 6.29. The van der Waals surface area contributed by atoms with E-state index in [4.69, 9.17) is 23.2 Å². The smallest absolute Gasteiger partial charge is 0.0408 e.